The van der Waals surface area contributed by atoms with Crippen LogP contribution in [-0.4, -0.2) is 63.4 Å². The van der Waals surface area contributed by atoms with E-state index in [1.54, 1.807) is 49.5 Å². The summed E-state index contributed by atoms with van der Waals surface area (Å²) in [5.41, 5.74) is 1.54. The molecule has 8 heteroatoms. The minimum absolute atomic E-state index is 0.167. The summed E-state index contributed by atoms with van der Waals surface area (Å²) in [6.45, 7) is 4.78. The van der Waals surface area contributed by atoms with Crippen molar-refractivity contribution in [1.29, 1.82) is 0 Å². The molecule has 2 aromatic carbocycles. The second-order valence-corrected chi connectivity index (χ2v) is 7.85. The van der Waals surface area contributed by atoms with Gasteiger partial charge in [0.2, 0.25) is 5.91 Å². The normalized spacial score (nSPS) is 12.4. The van der Waals surface area contributed by atoms with Crippen molar-refractivity contribution in [3.05, 3.63) is 47.5 Å². The van der Waals surface area contributed by atoms with Gasteiger partial charge in [-0.3, -0.25) is 9.59 Å². The van der Waals surface area contributed by atoms with Crippen molar-refractivity contribution in [3.8, 4) is 23.0 Å². The van der Waals surface area contributed by atoms with Gasteiger partial charge >= 0.3 is 5.97 Å². The van der Waals surface area contributed by atoms with Crippen molar-refractivity contribution in [2.75, 3.05) is 41.5 Å². The van der Waals surface area contributed by atoms with Gasteiger partial charge in [-0.05, 0) is 62.1 Å². The molecule has 186 valence electrons. The highest BCUT2D eigenvalue weighted by molar-refractivity contribution is 5.85. The van der Waals surface area contributed by atoms with Gasteiger partial charge in [0.15, 0.2) is 23.0 Å². The van der Waals surface area contributed by atoms with Gasteiger partial charge in [-0.25, -0.2) is 0 Å². The fourth-order valence-corrected chi connectivity index (χ4v) is 4.10. The minimum atomic E-state index is -1.03. The summed E-state index contributed by atoms with van der Waals surface area (Å²) in [6.07, 6.45) is 0.417. The van der Waals surface area contributed by atoms with Crippen LogP contribution in [0.25, 0.3) is 0 Å². The molecule has 34 heavy (non-hydrogen) atoms. The third kappa shape index (κ3) is 6.34. The molecule has 1 N–H and O–H groups in total. The van der Waals surface area contributed by atoms with Crippen LogP contribution in [0.5, 0.6) is 23.0 Å². The molecule has 2 atom stereocenters. The Hall–Kier alpha value is -3.42. The van der Waals surface area contributed by atoms with Crippen LogP contribution in [0, 0.1) is 11.8 Å². The van der Waals surface area contributed by atoms with Crippen molar-refractivity contribution in [1.82, 2.24) is 4.90 Å². The van der Waals surface area contributed by atoms with Gasteiger partial charge < -0.3 is 29.0 Å². The molecular weight excluding hydrogens is 438 g/mol. The first-order valence-electron chi connectivity index (χ1n) is 11.3. The molecule has 0 heterocycles. The number of nitrogens with zero attached hydrogens (tertiary/aromatic N) is 1. The molecule has 0 aliphatic carbocycles. The summed E-state index contributed by atoms with van der Waals surface area (Å²) >= 11 is 0. The molecule has 0 saturated heterocycles. The Morgan fingerprint density at radius 3 is 1.50 bits per heavy atom. The van der Waals surface area contributed by atoms with Crippen molar-refractivity contribution >= 4 is 11.9 Å². The first-order valence-corrected chi connectivity index (χ1v) is 11.3. The number of carboxylic acid groups (broad SMARTS) is 1. The number of rotatable bonds is 13. The summed E-state index contributed by atoms with van der Waals surface area (Å²) < 4.78 is 21.4. The van der Waals surface area contributed by atoms with Crippen molar-refractivity contribution in [3.63, 3.8) is 0 Å². The number of benzene rings is 2. The maximum Gasteiger partial charge on any atom is 0.307 e. The van der Waals surface area contributed by atoms with Crippen LogP contribution in [0.2, 0.25) is 0 Å². The second kappa shape index (κ2) is 12.7. The summed E-state index contributed by atoms with van der Waals surface area (Å²) in [5, 5.41) is 10.2. The van der Waals surface area contributed by atoms with Crippen LogP contribution < -0.4 is 18.9 Å². The molecule has 0 spiro atoms. The van der Waals surface area contributed by atoms with E-state index in [1.807, 2.05) is 19.9 Å². The Bertz CT molecular complexity index is 972. The number of carboxylic acids is 1. The Morgan fingerprint density at radius 1 is 0.735 bits per heavy atom. The van der Waals surface area contributed by atoms with Gasteiger partial charge in [0.25, 0.3) is 0 Å². The average molecular weight is 474 g/mol. The van der Waals surface area contributed by atoms with Crippen molar-refractivity contribution < 1.29 is 33.6 Å². The lowest BCUT2D eigenvalue weighted by atomic mass is 9.81. The van der Waals surface area contributed by atoms with Gasteiger partial charge in [0, 0.05) is 13.1 Å². The van der Waals surface area contributed by atoms with Crippen LogP contribution >= 0.6 is 0 Å². The molecule has 0 aliphatic rings. The highest BCUT2D eigenvalue weighted by Crippen LogP contribution is 2.33. The summed E-state index contributed by atoms with van der Waals surface area (Å²) in [4.78, 5) is 27.7. The van der Waals surface area contributed by atoms with Gasteiger partial charge in [0.1, 0.15) is 0 Å². The topological polar surface area (TPSA) is 94.5 Å². The van der Waals surface area contributed by atoms with Crippen LogP contribution in [0.1, 0.15) is 25.0 Å². The Kier molecular flexibility index (Phi) is 10.0. The number of hydrogen-bond acceptors (Lipinski definition) is 6. The second-order valence-electron chi connectivity index (χ2n) is 7.85. The predicted molar refractivity (Wildman–Crippen MR) is 129 cm³/mol. The Morgan fingerprint density at radius 2 is 1.15 bits per heavy atom. The first-order chi connectivity index (χ1) is 16.3. The molecule has 0 radical (unpaired) electrons. The molecule has 0 aliphatic heterocycles. The number of carbonyl (C=O) groups is 2. The van der Waals surface area contributed by atoms with E-state index in [4.69, 9.17) is 18.9 Å². The van der Waals surface area contributed by atoms with Gasteiger partial charge in [-0.15, -0.1) is 0 Å². The van der Waals surface area contributed by atoms with E-state index in [-0.39, 0.29) is 18.7 Å². The highest BCUT2D eigenvalue weighted by atomic mass is 16.5. The standard InChI is InChI=1S/C26H35NO7/c1-7-27(8-2)25(28)19(13-17-9-11-21(31-3)23(15-17)33-5)20(26(29)30)14-18-10-12-22(32-4)24(16-18)34-6/h9-12,15-16,19-20H,7-8,13-14H2,1-6H3,(H,29,30)/t19-,20-/m1/s1. The maximum atomic E-state index is 13.5. The Balaban J connectivity index is 2.47. The summed E-state index contributed by atoms with van der Waals surface area (Å²) in [6, 6.07) is 10.7. The SMILES string of the molecule is CCN(CC)C(=O)[C@H](Cc1ccc(OC)c(OC)c1)[C@@H](Cc1ccc(OC)c(OC)c1)C(=O)O. The largest absolute Gasteiger partial charge is 0.493 e. The molecule has 0 aromatic heterocycles. The van der Waals surface area contributed by atoms with E-state index >= 15 is 0 Å². The Labute approximate surface area is 201 Å². The third-order valence-corrected chi connectivity index (χ3v) is 6.00. The van der Waals surface area contributed by atoms with Crippen LogP contribution in [0.3, 0.4) is 0 Å². The zero-order valence-electron chi connectivity index (χ0n) is 20.8. The van der Waals surface area contributed by atoms with Gasteiger partial charge in [-0.1, -0.05) is 12.1 Å². The van der Waals surface area contributed by atoms with E-state index < -0.39 is 17.8 Å². The first kappa shape index (κ1) is 26.8. The smallest absolute Gasteiger partial charge is 0.307 e. The lowest BCUT2D eigenvalue weighted by molar-refractivity contribution is -0.150. The monoisotopic (exact) mass is 473 g/mol. The summed E-state index contributed by atoms with van der Waals surface area (Å²) in [7, 11) is 6.16. The number of carbonyl (C=O) groups excluding carboxylic acids is 1. The van der Waals surface area contributed by atoms with Crippen molar-refractivity contribution in [2.45, 2.75) is 26.7 Å². The molecule has 0 unspecified atom stereocenters. The molecule has 2 aromatic rings. The fourth-order valence-electron chi connectivity index (χ4n) is 4.10. The third-order valence-electron chi connectivity index (χ3n) is 6.00. The fraction of sp³-hybridized carbons (Fsp3) is 0.462. The molecule has 2 rings (SSSR count). The number of amides is 1. The molecule has 0 fully saturated rings. The van der Waals surface area contributed by atoms with E-state index in [0.717, 1.165) is 11.1 Å². The zero-order chi connectivity index (χ0) is 25.3. The van der Waals surface area contributed by atoms with Crippen LogP contribution in [0.4, 0.5) is 0 Å². The lowest BCUT2D eigenvalue weighted by Crippen LogP contribution is -2.42. The van der Waals surface area contributed by atoms with Crippen molar-refractivity contribution in [2.24, 2.45) is 11.8 Å². The number of aliphatic carboxylic acids is 1. The van der Waals surface area contributed by atoms with E-state index in [9.17, 15) is 14.7 Å². The average Bonchev–Trinajstić information content (AvgIpc) is 2.86. The van der Waals surface area contributed by atoms with Gasteiger partial charge in [0.05, 0.1) is 40.3 Å². The molecule has 1 amide bonds. The minimum Gasteiger partial charge on any atom is -0.493 e. The zero-order valence-corrected chi connectivity index (χ0v) is 20.8. The quantitative estimate of drug-likeness (QED) is 0.474. The molecule has 0 bridgehead atoms. The predicted octanol–water partition coefficient (Wildman–Crippen LogP) is 3.69. The molecule has 8 nitrogen and oxygen atoms in total. The molecular formula is C26H35NO7. The van der Waals surface area contributed by atoms with Crippen LogP contribution in [-0.2, 0) is 22.4 Å². The highest BCUT2D eigenvalue weighted by Gasteiger charge is 2.36. The number of ether oxygens (including phenoxy) is 4. The van der Waals surface area contributed by atoms with E-state index in [2.05, 4.69) is 0 Å². The number of hydrogen-bond donors (Lipinski definition) is 1. The molecule has 0 saturated carbocycles. The van der Waals surface area contributed by atoms with Gasteiger partial charge in [-0.2, -0.15) is 0 Å². The van der Waals surface area contributed by atoms with E-state index in [0.29, 0.717) is 36.1 Å². The number of methoxy groups -OCH3 is 4. The lowest BCUT2D eigenvalue weighted by Gasteiger charge is -2.29. The van der Waals surface area contributed by atoms with E-state index in [1.165, 1.54) is 14.2 Å². The maximum absolute atomic E-state index is 13.5. The van der Waals surface area contributed by atoms with Crippen LogP contribution in [0.15, 0.2) is 36.4 Å². The summed E-state index contributed by atoms with van der Waals surface area (Å²) in [5.74, 6) is -0.773.